The van der Waals surface area contributed by atoms with Crippen molar-refractivity contribution in [2.75, 3.05) is 0 Å². The summed E-state index contributed by atoms with van der Waals surface area (Å²) >= 11 is 7.06. The average molecular weight is 268 g/mol. The molecule has 2 aromatic rings. The Balaban J connectivity index is 2.10. The lowest BCUT2D eigenvalue weighted by atomic mass is 10.1. The minimum absolute atomic E-state index is 0.169. The van der Waals surface area contributed by atoms with Crippen LogP contribution in [-0.4, -0.2) is 14.7 Å². The van der Waals surface area contributed by atoms with E-state index in [-0.39, 0.29) is 11.9 Å². The van der Waals surface area contributed by atoms with Crippen molar-refractivity contribution >= 4 is 29.2 Å². The maximum Gasteiger partial charge on any atom is 0.273 e. The number of hydrogen-bond donors (Lipinski definition) is 1. The molecule has 1 aromatic heterocycles. The second-order valence-electron chi connectivity index (χ2n) is 3.51. The molecular weight excluding hydrogens is 258 g/mol. The Bertz CT molecular complexity index is 515. The van der Waals surface area contributed by atoms with Crippen molar-refractivity contribution in [3.8, 4) is 0 Å². The highest BCUT2D eigenvalue weighted by atomic mass is 35.5. The topological polar surface area (TPSA) is 54.9 Å². The normalized spacial score (nSPS) is 12.1. The molecule has 1 aromatic carbocycles. The molecule has 0 spiro atoms. The van der Waals surface area contributed by atoms with E-state index in [9.17, 15) is 4.79 Å². The molecule has 1 amide bonds. The summed E-state index contributed by atoms with van der Waals surface area (Å²) in [6, 6.07) is 7.24. The third kappa shape index (κ3) is 2.81. The van der Waals surface area contributed by atoms with Gasteiger partial charge in [-0.3, -0.25) is 4.79 Å². The van der Waals surface area contributed by atoms with Crippen LogP contribution in [0.2, 0.25) is 5.02 Å². The molecule has 2 rings (SSSR count). The van der Waals surface area contributed by atoms with Gasteiger partial charge >= 0.3 is 0 Å². The Morgan fingerprint density at radius 1 is 1.47 bits per heavy atom. The molecule has 0 aliphatic carbocycles. The van der Waals surface area contributed by atoms with Crippen molar-refractivity contribution < 1.29 is 4.79 Å². The molecule has 1 N–H and O–H groups in total. The van der Waals surface area contributed by atoms with Crippen LogP contribution in [0.15, 0.2) is 30.5 Å². The van der Waals surface area contributed by atoms with E-state index < -0.39 is 0 Å². The predicted molar refractivity (Wildman–Crippen MR) is 67.2 cm³/mol. The van der Waals surface area contributed by atoms with Gasteiger partial charge in [0.2, 0.25) is 0 Å². The van der Waals surface area contributed by atoms with Crippen LogP contribution in [0, 0.1) is 0 Å². The summed E-state index contributed by atoms with van der Waals surface area (Å²) in [5, 5.41) is 3.46. The summed E-state index contributed by atoms with van der Waals surface area (Å²) in [5.74, 6) is -0.244. The number of nitrogens with one attached hydrogen (secondary N) is 1. The van der Waals surface area contributed by atoms with Gasteiger partial charge in [0.25, 0.3) is 5.91 Å². The van der Waals surface area contributed by atoms with Crippen molar-refractivity contribution in [1.29, 1.82) is 0 Å². The van der Waals surface area contributed by atoms with Crippen LogP contribution < -0.4 is 5.32 Å². The Morgan fingerprint density at radius 3 is 2.88 bits per heavy atom. The van der Waals surface area contributed by atoms with E-state index in [2.05, 4.69) is 14.1 Å². The molecular formula is C11H10ClN3OS. The second-order valence-corrected chi connectivity index (χ2v) is 4.47. The zero-order valence-corrected chi connectivity index (χ0v) is 10.6. The van der Waals surface area contributed by atoms with Gasteiger partial charge in [0, 0.05) is 5.02 Å². The van der Waals surface area contributed by atoms with Crippen LogP contribution >= 0.6 is 23.3 Å². The van der Waals surface area contributed by atoms with Gasteiger partial charge in [0.1, 0.15) is 0 Å². The van der Waals surface area contributed by atoms with Gasteiger partial charge < -0.3 is 5.32 Å². The maximum absolute atomic E-state index is 11.8. The fourth-order valence-electron chi connectivity index (χ4n) is 1.44. The van der Waals surface area contributed by atoms with E-state index in [0.717, 1.165) is 17.3 Å². The lowest BCUT2D eigenvalue weighted by Crippen LogP contribution is -2.27. The first kappa shape index (κ1) is 12.0. The molecule has 6 heteroatoms. The van der Waals surface area contributed by atoms with Crippen LogP contribution in [0.5, 0.6) is 0 Å². The van der Waals surface area contributed by atoms with Crippen molar-refractivity contribution in [2.24, 2.45) is 0 Å². The minimum Gasteiger partial charge on any atom is -0.344 e. The number of amides is 1. The van der Waals surface area contributed by atoms with Gasteiger partial charge in [0.05, 0.1) is 24.0 Å². The van der Waals surface area contributed by atoms with Crippen LogP contribution in [0.4, 0.5) is 0 Å². The quantitative estimate of drug-likeness (QED) is 0.930. The summed E-state index contributed by atoms with van der Waals surface area (Å²) in [5.41, 5.74) is 1.21. The highest BCUT2D eigenvalue weighted by molar-refractivity contribution is 6.99. The van der Waals surface area contributed by atoms with E-state index in [4.69, 9.17) is 11.6 Å². The molecule has 88 valence electrons. The van der Waals surface area contributed by atoms with Gasteiger partial charge in [-0.25, -0.2) is 0 Å². The van der Waals surface area contributed by atoms with E-state index in [1.165, 1.54) is 6.20 Å². The summed E-state index contributed by atoms with van der Waals surface area (Å²) in [4.78, 5) is 11.8. The fraction of sp³-hybridized carbons (Fsp3) is 0.182. The average Bonchev–Trinajstić information content (AvgIpc) is 2.82. The predicted octanol–water partition coefficient (Wildman–Crippen LogP) is 2.68. The lowest BCUT2D eigenvalue weighted by Gasteiger charge is -2.14. The van der Waals surface area contributed by atoms with Crippen molar-refractivity contribution in [3.63, 3.8) is 0 Å². The standard InChI is InChI=1S/C11H10ClN3OS/c1-7(8-4-2-3-5-9(8)12)14-11(16)10-6-13-17-15-10/h2-7H,1H3,(H,14,16). The molecule has 4 nitrogen and oxygen atoms in total. The van der Waals surface area contributed by atoms with Gasteiger partial charge in [-0.15, -0.1) is 0 Å². The van der Waals surface area contributed by atoms with Gasteiger partial charge in [-0.2, -0.15) is 8.75 Å². The molecule has 1 unspecified atom stereocenters. The number of nitrogens with zero attached hydrogens (tertiary/aromatic N) is 2. The fourth-order valence-corrected chi connectivity index (χ4v) is 2.15. The number of rotatable bonds is 3. The monoisotopic (exact) mass is 267 g/mol. The highest BCUT2D eigenvalue weighted by Gasteiger charge is 2.14. The molecule has 0 aliphatic rings. The van der Waals surface area contributed by atoms with Crippen LogP contribution in [0.1, 0.15) is 29.0 Å². The smallest absolute Gasteiger partial charge is 0.273 e. The lowest BCUT2D eigenvalue weighted by molar-refractivity contribution is 0.0936. The van der Waals surface area contributed by atoms with E-state index in [1.807, 2.05) is 25.1 Å². The van der Waals surface area contributed by atoms with Gasteiger partial charge in [-0.1, -0.05) is 29.8 Å². The maximum atomic E-state index is 11.8. The summed E-state index contributed by atoms with van der Waals surface area (Å²) in [6.45, 7) is 1.87. The molecule has 0 bridgehead atoms. The molecule has 0 fully saturated rings. The number of carbonyl (C=O) groups excluding carboxylic acids is 1. The summed E-state index contributed by atoms with van der Waals surface area (Å²) < 4.78 is 7.66. The van der Waals surface area contributed by atoms with Crippen molar-refractivity contribution in [3.05, 3.63) is 46.7 Å². The molecule has 1 atom stereocenters. The Labute approximate surface area is 108 Å². The molecule has 0 saturated carbocycles. The number of halogens is 1. The van der Waals surface area contributed by atoms with Gasteiger partial charge in [0.15, 0.2) is 5.69 Å². The Morgan fingerprint density at radius 2 is 2.24 bits per heavy atom. The van der Waals surface area contributed by atoms with Gasteiger partial charge in [-0.05, 0) is 18.6 Å². The SMILES string of the molecule is CC(NC(=O)c1cnsn1)c1ccccc1Cl. The second kappa shape index (κ2) is 5.25. The molecule has 0 radical (unpaired) electrons. The third-order valence-electron chi connectivity index (χ3n) is 2.31. The number of carbonyl (C=O) groups is 1. The Kier molecular flexibility index (Phi) is 3.71. The summed E-state index contributed by atoms with van der Waals surface area (Å²) in [6.07, 6.45) is 1.44. The van der Waals surface area contributed by atoms with E-state index in [0.29, 0.717) is 10.7 Å². The van der Waals surface area contributed by atoms with E-state index >= 15 is 0 Å². The number of hydrogen-bond acceptors (Lipinski definition) is 4. The van der Waals surface area contributed by atoms with Crippen LogP contribution in [-0.2, 0) is 0 Å². The number of benzene rings is 1. The first-order chi connectivity index (χ1) is 8.18. The van der Waals surface area contributed by atoms with Crippen LogP contribution in [0.3, 0.4) is 0 Å². The molecule has 1 heterocycles. The molecule has 0 aliphatic heterocycles. The zero-order valence-electron chi connectivity index (χ0n) is 9.05. The Hall–Kier alpha value is -1.46. The van der Waals surface area contributed by atoms with Crippen molar-refractivity contribution in [1.82, 2.24) is 14.1 Å². The minimum atomic E-state index is -0.244. The summed E-state index contributed by atoms with van der Waals surface area (Å²) in [7, 11) is 0. The first-order valence-corrected chi connectivity index (χ1v) is 6.12. The van der Waals surface area contributed by atoms with Crippen molar-refractivity contribution in [2.45, 2.75) is 13.0 Å². The third-order valence-corrected chi connectivity index (χ3v) is 3.14. The first-order valence-electron chi connectivity index (χ1n) is 5.01. The van der Waals surface area contributed by atoms with E-state index in [1.54, 1.807) is 6.07 Å². The largest absolute Gasteiger partial charge is 0.344 e. The zero-order chi connectivity index (χ0) is 12.3. The molecule has 17 heavy (non-hydrogen) atoms. The van der Waals surface area contributed by atoms with Crippen LogP contribution in [0.25, 0.3) is 0 Å². The number of aromatic nitrogens is 2. The highest BCUT2D eigenvalue weighted by Crippen LogP contribution is 2.22. The molecule has 0 saturated heterocycles.